The molecule has 5 heteroatoms. The van der Waals surface area contributed by atoms with E-state index in [-0.39, 0.29) is 11.3 Å². The minimum absolute atomic E-state index is 0.0541. The van der Waals surface area contributed by atoms with Gasteiger partial charge in [-0.3, -0.25) is 4.79 Å². The molecule has 23 heavy (non-hydrogen) atoms. The number of hydrogen-bond donors (Lipinski definition) is 3. The van der Waals surface area contributed by atoms with Crippen LogP contribution in [0.3, 0.4) is 0 Å². The average Bonchev–Trinajstić information content (AvgIpc) is 2.81. The first kappa shape index (κ1) is 15.2. The van der Waals surface area contributed by atoms with E-state index in [1.54, 1.807) is 0 Å². The molecular weight excluding hydrogens is 290 g/mol. The van der Waals surface area contributed by atoms with E-state index in [9.17, 15) is 9.90 Å². The third kappa shape index (κ3) is 2.59. The van der Waals surface area contributed by atoms with Crippen molar-refractivity contribution in [2.45, 2.75) is 58.5 Å². The van der Waals surface area contributed by atoms with Crippen LogP contribution in [-0.4, -0.2) is 33.6 Å². The van der Waals surface area contributed by atoms with Crippen molar-refractivity contribution in [3.05, 3.63) is 17.2 Å². The summed E-state index contributed by atoms with van der Waals surface area (Å²) in [4.78, 5) is 19.6. The maximum Gasteiger partial charge on any atom is 0.271 e. The third-order valence-electron chi connectivity index (χ3n) is 6.47. The number of H-pyrrole nitrogens is 1. The molecule has 0 radical (unpaired) electrons. The van der Waals surface area contributed by atoms with Gasteiger partial charge in [0.2, 0.25) is 0 Å². The van der Waals surface area contributed by atoms with Crippen molar-refractivity contribution in [2.75, 3.05) is 6.54 Å². The van der Waals surface area contributed by atoms with Crippen LogP contribution in [0.15, 0.2) is 0 Å². The standard InChI is InChI=1S/C18H27N3O2/c1-10-16(21-11(2)20-10)17(23)19-9-15(22)18-6-12-3-13(7-18)5-14(4-12)8-18/h12-15,22H,3-9H2,1-2H3,(H,19,23)(H,20,21)/t12?,13?,14?,15-,18?/m0/s1. The summed E-state index contributed by atoms with van der Waals surface area (Å²) in [5.41, 5.74) is 1.28. The van der Waals surface area contributed by atoms with Crippen molar-refractivity contribution >= 4 is 5.91 Å². The van der Waals surface area contributed by atoms with Crippen molar-refractivity contribution in [3.63, 3.8) is 0 Å². The predicted octanol–water partition coefficient (Wildman–Crippen LogP) is 2.33. The Balaban J connectivity index is 1.41. The summed E-state index contributed by atoms with van der Waals surface area (Å²) >= 11 is 0. The number of aromatic nitrogens is 2. The summed E-state index contributed by atoms with van der Waals surface area (Å²) in [6, 6.07) is 0. The normalized spacial score (nSPS) is 36.2. The van der Waals surface area contributed by atoms with Gasteiger partial charge in [-0.25, -0.2) is 4.98 Å². The molecule has 5 nitrogen and oxygen atoms in total. The fourth-order valence-corrected chi connectivity index (χ4v) is 5.91. The highest BCUT2D eigenvalue weighted by Crippen LogP contribution is 2.61. The highest BCUT2D eigenvalue weighted by molar-refractivity contribution is 5.93. The van der Waals surface area contributed by atoms with Gasteiger partial charge in [0.15, 0.2) is 0 Å². The zero-order chi connectivity index (χ0) is 16.2. The maximum absolute atomic E-state index is 12.3. The molecule has 0 aliphatic heterocycles. The fraction of sp³-hybridized carbons (Fsp3) is 0.778. The van der Waals surface area contributed by atoms with Crippen molar-refractivity contribution in [1.29, 1.82) is 0 Å². The number of hydrogen-bond acceptors (Lipinski definition) is 3. The second-order valence-electron chi connectivity index (χ2n) is 8.30. The topological polar surface area (TPSA) is 78.0 Å². The Labute approximate surface area is 137 Å². The average molecular weight is 317 g/mol. The van der Waals surface area contributed by atoms with Crippen LogP contribution in [0.1, 0.15) is 60.5 Å². The van der Waals surface area contributed by atoms with Gasteiger partial charge >= 0.3 is 0 Å². The molecule has 0 aromatic carbocycles. The Morgan fingerprint density at radius 2 is 1.83 bits per heavy atom. The quantitative estimate of drug-likeness (QED) is 0.797. The number of nitrogens with zero attached hydrogens (tertiary/aromatic N) is 1. The maximum atomic E-state index is 12.3. The van der Waals surface area contributed by atoms with Gasteiger partial charge in [0, 0.05) is 12.2 Å². The number of rotatable bonds is 4. The zero-order valence-corrected chi connectivity index (χ0v) is 14.1. The molecule has 3 N–H and O–H groups in total. The summed E-state index contributed by atoms with van der Waals surface area (Å²) in [5.74, 6) is 2.98. The smallest absolute Gasteiger partial charge is 0.271 e. The second-order valence-corrected chi connectivity index (χ2v) is 8.30. The lowest BCUT2D eigenvalue weighted by Gasteiger charge is -2.58. The van der Waals surface area contributed by atoms with Crippen molar-refractivity contribution < 1.29 is 9.90 Å². The van der Waals surface area contributed by atoms with Gasteiger partial charge in [0.1, 0.15) is 11.5 Å². The number of aliphatic hydroxyl groups is 1. The SMILES string of the molecule is Cc1nc(C(=O)NC[C@H](O)C23CC4CC(CC(C4)C2)C3)c(C)[nH]1. The number of imidazole rings is 1. The van der Waals surface area contributed by atoms with Gasteiger partial charge in [-0.15, -0.1) is 0 Å². The molecule has 0 unspecified atom stereocenters. The molecule has 4 fully saturated rings. The number of aliphatic hydroxyl groups excluding tert-OH is 1. The van der Waals surface area contributed by atoms with E-state index >= 15 is 0 Å². The minimum atomic E-state index is -0.430. The summed E-state index contributed by atoms with van der Waals surface area (Å²) in [6.45, 7) is 4.04. The zero-order valence-electron chi connectivity index (χ0n) is 14.1. The van der Waals surface area contributed by atoms with Gasteiger partial charge in [0.25, 0.3) is 5.91 Å². The number of aromatic amines is 1. The van der Waals surface area contributed by atoms with Crippen LogP contribution in [0.25, 0.3) is 0 Å². The van der Waals surface area contributed by atoms with Crippen LogP contribution in [0.2, 0.25) is 0 Å². The second kappa shape index (κ2) is 5.33. The first-order valence-corrected chi connectivity index (χ1v) is 8.94. The summed E-state index contributed by atoms with van der Waals surface area (Å²) < 4.78 is 0. The number of amides is 1. The van der Waals surface area contributed by atoms with E-state index < -0.39 is 6.10 Å². The van der Waals surface area contributed by atoms with E-state index in [1.165, 1.54) is 19.3 Å². The Morgan fingerprint density at radius 1 is 1.26 bits per heavy atom. The number of carbonyl (C=O) groups is 1. The van der Waals surface area contributed by atoms with Crippen LogP contribution in [0.4, 0.5) is 0 Å². The molecule has 1 atom stereocenters. The van der Waals surface area contributed by atoms with Crippen molar-refractivity contribution in [2.24, 2.45) is 23.2 Å². The number of nitrogens with one attached hydrogen (secondary N) is 2. The molecule has 4 bridgehead atoms. The molecule has 4 saturated carbocycles. The fourth-order valence-electron chi connectivity index (χ4n) is 5.91. The van der Waals surface area contributed by atoms with E-state index in [1.807, 2.05) is 13.8 Å². The summed E-state index contributed by atoms with van der Waals surface area (Å²) in [6.07, 6.45) is 7.11. The lowest BCUT2D eigenvalue weighted by atomic mass is 9.48. The molecule has 5 rings (SSSR count). The Bertz CT molecular complexity index is 586. The van der Waals surface area contributed by atoms with Gasteiger partial charge in [-0.1, -0.05) is 0 Å². The third-order valence-corrected chi connectivity index (χ3v) is 6.47. The van der Waals surface area contributed by atoms with Crippen LogP contribution < -0.4 is 5.32 Å². The Morgan fingerprint density at radius 3 is 2.30 bits per heavy atom. The monoisotopic (exact) mass is 317 g/mol. The van der Waals surface area contributed by atoms with E-state index in [0.29, 0.717) is 12.2 Å². The molecule has 0 saturated heterocycles. The van der Waals surface area contributed by atoms with Crippen LogP contribution in [-0.2, 0) is 0 Å². The molecule has 1 aromatic heterocycles. The highest BCUT2D eigenvalue weighted by Gasteiger charge is 2.53. The van der Waals surface area contributed by atoms with Crippen LogP contribution in [0.5, 0.6) is 0 Å². The minimum Gasteiger partial charge on any atom is -0.391 e. The Kier molecular flexibility index (Phi) is 3.52. The van der Waals surface area contributed by atoms with Gasteiger partial charge in [-0.2, -0.15) is 0 Å². The predicted molar refractivity (Wildman–Crippen MR) is 87.0 cm³/mol. The van der Waals surface area contributed by atoms with Crippen molar-refractivity contribution in [3.8, 4) is 0 Å². The molecule has 0 spiro atoms. The van der Waals surface area contributed by atoms with E-state index in [4.69, 9.17) is 0 Å². The molecule has 1 aromatic rings. The summed E-state index contributed by atoms with van der Waals surface area (Å²) in [7, 11) is 0. The lowest BCUT2D eigenvalue weighted by molar-refractivity contribution is -0.118. The van der Waals surface area contributed by atoms with Crippen LogP contribution in [0, 0.1) is 37.0 Å². The van der Waals surface area contributed by atoms with Crippen molar-refractivity contribution in [1.82, 2.24) is 15.3 Å². The highest BCUT2D eigenvalue weighted by atomic mass is 16.3. The number of aryl methyl sites for hydroxylation is 2. The van der Waals surface area contributed by atoms with Gasteiger partial charge < -0.3 is 15.4 Å². The van der Waals surface area contributed by atoms with E-state index in [0.717, 1.165) is 48.5 Å². The molecule has 126 valence electrons. The molecule has 1 amide bonds. The number of carbonyl (C=O) groups excluding carboxylic acids is 1. The molecule has 4 aliphatic rings. The van der Waals surface area contributed by atoms with Gasteiger partial charge in [-0.05, 0) is 75.5 Å². The lowest BCUT2D eigenvalue weighted by Crippen LogP contribution is -2.54. The first-order chi connectivity index (χ1) is 10.9. The van der Waals surface area contributed by atoms with Crippen LogP contribution >= 0.6 is 0 Å². The Hall–Kier alpha value is -1.36. The summed E-state index contributed by atoms with van der Waals surface area (Å²) in [5, 5.41) is 13.7. The molecular formula is C18H27N3O2. The molecule has 4 aliphatic carbocycles. The largest absolute Gasteiger partial charge is 0.391 e. The first-order valence-electron chi connectivity index (χ1n) is 8.94. The van der Waals surface area contributed by atoms with E-state index in [2.05, 4.69) is 15.3 Å². The molecule has 1 heterocycles. The van der Waals surface area contributed by atoms with Gasteiger partial charge in [0.05, 0.1) is 6.10 Å².